The predicted molar refractivity (Wildman–Crippen MR) is 75.0 cm³/mol. The van der Waals surface area contributed by atoms with Crippen LogP contribution in [-0.2, 0) is 5.75 Å². The molecular formula is C15H16FNS. The zero-order valence-corrected chi connectivity index (χ0v) is 11.1. The smallest absolute Gasteiger partial charge is 0.123 e. The molecule has 0 fully saturated rings. The minimum atomic E-state index is -0.230. The van der Waals surface area contributed by atoms with Gasteiger partial charge in [0.25, 0.3) is 0 Å². The molecule has 3 heteroatoms. The quantitative estimate of drug-likeness (QED) is 0.837. The summed E-state index contributed by atoms with van der Waals surface area (Å²) in [7, 11) is 0. The number of benzene rings is 2. The Labute approximate surface area is 111 Å². The average Bonchev–Trinajstić information content (AvgIpc) is 2.38. The summed E-state index contributed by atoms with van der Waals surface area (Å²) >= 11 is 1.69. The molecule has 0 radical (unpaired) electrons. The van der Waals surface area contributed by atoms with Crippen molar-refractivity contribution >= 4 is 11.8 Å². The SMILES string of the molecule is C[C@@H](N)c1cc(F)ccc1SCc1ccccc1. The van der Waals surface area contributed by atoms with Crippen molar-refractivity contribution in [1.82, 2.24) is 0 Å². The Morgan fingerprint density at radius 3 is 2.56 bits per heavy atom. The van der Waals surface area contributed by atoms with Crippen LogP contribution in [0, 0.1) is 5.82 Å². The molecule has 0 unspecified atom stereocenters. The van der Waals surface area contributed by atoms with E-state index in [2.05, 4.69) is 12.1 Å². The monoisotopic (exact) mass is 261 g/mol. The van der Waals surface area contributed by atoms with Crippen LogP contribution in [0.15, 0.2) is 53.4 Å². The fourth-order valence-electron chi connectivity index (χ4n) is 1.74. The van der Waals surface area contributed by atoms with Gasteiger partial charge < -0.3 is 5.73 Å². The summed E-state index contributed by atoms with van der Waals surface area (Å²) in [5.41, 5.74) is 8.00. The third-order valence-electron chi connectivity index (χ3n) is 2.70. The number of rotatable bonds is 4. The molecule has 2 aromatic rings. The summed E-state index contributed by atoms with van der Waals surface area (Å²) < 4.78 is 13.2. The van der Waals surface area contributed by atoms with Gasteiger partial charge in [-0.3, -0.25) is 0 Å². The Balaban J connectivity index is 2.14. The topological polar surface area (TPSA) is 26.0 Å². The zero-order chi connectivity index (χ0) is 13.0. The second-order valence-corrected chi connectivity index (χ2v) is 5.26. The highest BCUT2D eigenvalue weighted by Crippen LogP contribution is 2.29. The summed E-state index contributed by atoms with van der Waals surface area (Å²) in [5, 5.41) is 0. The summed E-state index contributed by atoms with van der Waals surface area (Å²) in [4.78, 5) is 1.05. The number of nitrogens with two attached hydrogens (primary N) is 1. The molecule has 0 amide bonds. The molecule has 0 aromatic heterocycles. The first-order valence-corrected chi connectivity index (χ1v) is 6.87. The van der Waals surface area contributed by atoms with Crippen LogP contribution in [0.5, 0.6) is 0 Å². The van der Waals surface area contributed by atoms with E-state index in [4.69, 9.17) is 5.73 Å². The summed E-state index contributed by atoms with van der Waals surface area (Å²) in [5.74, 6) is 0.637. The molecule has 0 saturated carbocycles. The molecule has 0 bridgehead atoms. The van der Waals surface area contributed by atoms with Gasteiger partial charge in [0, 0.05) is 16.7 Å². The van der Waals surface area contributed by atoms with Crippen molar-refractivity contribution in [2.24, 2.45) is 5.73 Å². The first-order chi connectivity index (χ1) is 8.66. The van der Waals surface area contributed by atoms with Crippen LogP contribution in [0.4, 0.5) is 4.39 Å². The van der Waals surface area contributed by atoms with Gasteiger partial charge in [-0.1, -0.05) is 30.3 Å². The van der Waals surface area contributed by atoms with E-state index in [0.717, 1.165) is 16.2 Å². The van der Waals surface area contributed by atoms with Crippen LogP contribution in [0.2, 0.25) is 0 Å². The van der Waals surface area contributed by atoms with E-state index in [1.54, 1.807) is 11.8 Å². The second-order valence-electron chi connectivity index (χ2n) is 4.25. The van der Waals surface area contributed by atoms with E-state index < -0.39 is 0 Å². The van der Waals surface area contributed by atoms with Gasteiger partial charge in [0.1, 0.15) is 5.82 Å². The number of hydrogen-bond acceptors (Lipinski definition) is 2. The Bertz CT molecular complexity index is 511. The molecule has 18 heavy (non-hydrogen) atoms. The molecule has 94 valence electrons. The largest absolute Gasteiger partial charge is 0.324 e. The lowest BCUT2D eigenvalue weighted by Crippen LogP contribution is -2.06. The van der Waals surface area contributed by atoms with E-state index >= 15 is 0 Å². The molecule has 1 nitrogen and oxygen atoms in total. The molecule has 0 heterocycles. The van der Waals surface area contributed by atoms with Gasteiger partial charge in [0.2, 0.25) is 0 Å². The number of hydrogen-bond donors (Lipinski definition) is 1. The van der Waals surface area contributed by atoms with Crippen molar-refractivity contribution < 1.29 is 4.39 Å². The highest BCUT2D eigenvalue weighted by atomic mass is 32.2. The molecule has 0 aliphatic heterocycles. The minimum absolute atomic E-state index is 0.154. The van der Waals surface area contributed by atoms with E-state index in [1.807, 2.05) is 31.2 Å². The maximum absolute atomic E-state index is 13.2. The summed E-state index contributed by atoms with van der Waals surface area (Å²) in [6.07, 6.45) is 0. The second kappa shape index (κ2) is 6.03. The number of halogens is 1. The summed E-state index contributed by atoms with van der Waals surface area (Å²) in [6.45, 7) is 1.88. The lowest BCUT2D eigenvalue weighted by atomic mass is 10.1. The van der Waals surface area contributed by atoms with E-state index in [0.29, 0.717) is 0 Å². The minimum Gasteiger partial charge on any atom is -0.324 e. The molecule has 2 aromatic carbocycles. The molecule has 0 aliphatic carbocycles. The molecule has 2 N–H and O–H groups in total. The third-order valence-corrected chi connectivity index (χ3v) is 3.86. The van der Waals surface area contributed by atoms with Gasteiger partial charge in [-0.15, -0.1) is 11.8 Å². The summed E-state index contributed by atoms with van der Waals surface area (Å²) in [6, 6.07) is 14.9. The van der Waals surface area contributed by atoms with Crippen LogP contribution in [-0.4, -0.2) is 0 Å². The zero-order valence-electron chi connectivity index (χ0n) is 10.3. The maximum atomic E-state index is 13.2. The molecule has 1 atom stereocenters. The highest BCUT2D eigenvalue weighted by Gasteiger charge is 2.09. The Morgan fingerprint density at radius 1 is 1.17 bits per heavy atom. The van der Waals surface area contributed by atoms with Crippen LogP contribution >= 0.6 is 11.8 Å². The fourth-order valence-corrected chi connectivity index (χ4v) is 2.83. The van der Waals surface area contributed by atoms with Gasteiger partial charge in [0.15, 0.2) is 0 Å². The predicted octanol–water partition coefficient (Wildman–Crippen LogP) is 4.14. The molecule has 2 rings (SSSR count). The van der Waals surface area contributed by atoms with E-state index in [1.165, 1.54) is 17.7 Å². The average molecular weight is 261 g/mol. The third kappa shape index (κ3) is 3.34. The van der Waals surface area contributed by atoms with Crippen molar-refractivity contribution in [3.8, 4) is 0 Å². The van der Waals surface area contributed by atoms with Crippen molar-refractivity contribution in [2.75, 3.05) is 0 Å². The van der Waals surface area contributed by atoms with Crippen molar-refractivity contribution in [1.29, 1.82) is 0 Å². The lowest BCUT2D eigenvalue weighted by molar-refractivity contribution is 0.619. The van der Waals surface area contributed by atoms with Crippen LogP contribution in [0.25, 0.3) is 0 Å². The van der Waals surface area contributed by atoms with E-state index in [-0.39, 0.29) is 11.9 Å². The van der Waals surface area contributed by atoms with E-state index in [9.17, 15) is 4.39 Å². The van der Waals surface area contributed by atoms with Gasteiger partial charge in [0.05, 0.1) is 0 Å². The normalized spacial score (nSPS) is 12.4. The fraction of sp³-hybridized carbons (Fsp3) is 0.200. The van der Waals surface area contributed by atoms with Gasteiger partial charge >= 0.3 is 0 Å². The standard InChI is InChI=1S/C15H16FNS/c1-11(17)14-9-13(16)7-8-15(14)18-10-12-5-3-2-4-6-12/h2-9,11H,10,17H2,1H3/t11-/m1/s1. The Kier molecular flexibility index (Phi) is 4.39. The molecule has 0 aliphatic rings. The molecule has 0 spiro atoms. The molecule has 0 saturated heterocycles. The van der Waals surface area contributed by atoms with Crippen molar-refractivity contribution in [2.45, 2.75) is 23.6 Å². The van der Waals surface area contributed by atoms with Crippen LogP contribution in [0.1, 0.15) is 24.1 Å². The van der Waals surface area contributed by atoms with Crippen molar-refractivity contribution in [3.05, 3.63) is 65.5 Å². The first-order valence-electron chi connectivity index (χ1n) is 5.88. The lowest BCUT2D eigenvalue weighted by Gasteiger charge is -2.12. The van der Waals surface area contributed by atoms with Gasteiger partial charge in [-0.2, -0.15) is 0 Å². The van der Waals surface area contributed by atoms with Crippen molar-refractivity contribution in [3.63, 3.8) is 0 Å². The Morgan fingerprint density at radius 2 is 1.89 bits per heavy atom. The van der Waals surface area contributed by atoms with Gasteiger partial charge in [-0.05, 0) is 36.2 Å². The first kappa shape index (κ1) is 13.1. The van der Waals surface area contributed by atoms with Crippen LogP contribution < -0.4 is 5.73 Å². The van der Waals surface area contributed by atoms with Crippen LogP contribution in [0.3, 0.4) is 0 Å². The van der Waals surface area contributed by atoms with Gasteiger partial charge in [-0.25, -0.2) is 4.39 Å². The Hall–Kier alpha value is -1.32. The molecular weight excluding hydrogens is 245 g/mol. The maximum Gasteiger partial charge on any atom is 0.123 e. The highest BCUT2D eigenvalue weighted by molar-refractivity contribution is 7.98. The number of thioether (sulfide) groups is 1.